The number of rotatable bonds is 11. The standard InChI is InChI=1S/C29H38F3N3O3/c1-19-20(2)27(38-15-13-33-12-5-14-37-4)11-10-26(19)21(3)34-17-25-16-24(34)18-35(25)28(36)22-6-8-23(9-7-22)29(30,31)32/h6-11,21,24-25,33H,5,12-18H2,1-4H3/t21-,24+,25+/m0/s1. The van der Waals surface area contributed by atoms with Gasteiger partial charge in [-0.05, 0) is 87.2 Å². The van der Waals surface area contributed by atoms with Crippen molar-refractivity contribution in [1.82, 2.24) is 15.1 Å². The van der Waals surface area contributed by atoms with E-state index in [1.165, 1.54) is 23.3 Å². The fourth-order valence-corrected chi connectivity index (χ4v) is 5.69. The molecule has 9 heteroatoms. The van der Waals surface area contributed by atoms with E-state index in [1.54, 1.807) is 7.11 Å². The Balaban J connectivity index is 1.33. The SMILES string of the molecule is COCCCNCCOc1ccc([C@H](C)N2C[C@H]3C[C@@H]2CN3C(=O)c2ccc(C(F)(F)F)cc2)c(C)c1C. The molecule has 6 nitrogen and oxygen atoms in total. The van der Waals surface area contributed by atoms with Gasteiger partial charge in [-0.25, -0.2) is 0 Å². The Morgan fingerprint density at radius 1 is 1.03 bits per heavy atom. The zero-order valence-electron chi connectivity index (χ0n) is 22.6. The third-order valence-electron chi connectivity index (χ3n) is 7.97. The Morgan fingerprint density at radius 2 is 1.76 bits per heavy atom. The number of likely N-dealkylation sites (tertiary alicyclic amines) is 2. The lowest BCUT2D eigenvalue weighted by molar-refractivity contribution is -0.137. The van der Waals surface area contributed by atoms with Gasteiger partial charge in [0, 0.05) is 57.0 Å². The number of piperazine rings is 1. The minimum Gasteiger partial charge on any atom is -0.492 e. The Labute approximate surface area is 223 Å². The molecule has 2 heterocycles. The second kappa shape index (κ2) is 12.1. The van der Waals surface area contributed by atoms with Crippen LogP contribution in [0.15, 0.2) is 36.4 Å². The first-order chi connectivity index (χ1) is 18.1. The van der Waals surface area contributed by atoms with Crippen molar-refractivity contribution in [2.45, 2.75) is 57.9 Å². The molecule has 208 valence electrons. The van der Waals surface area contributed by atoms with Gasteiger partial charge in [0.25, 0.3) is 5.91 Å². The normalized spacial score (nSPS) is 20.2. The predicted octanol–water partition coefficient (Wildman–Crippen LogP) is 4.99. The number of benzene rings is 2. The van der Waals surface area contributed by atoms with Crippen molar-refractivity contribution in [1.29, 1.82) is 0 Å². The van der Waals surface area contributed by atoms with Crippen molar-refractivity contribution >= 4 is 5.91 Å². The van der Waals surface area contributed by atoms with Crippen LogP contribution in [0.4, 0.5) is 13.2 Å². The minimum atomic E-state index is -4.41. The number of methoxy groups -OCH3 is 1. The maximum atomic E-state index is 13.1. The topological polar surface area (TPSA) is 54.0 Å². The molecule has 0 aliphatic carbocycles. The number of hydrogen-bond donors (Lipinski definition) is 1. The summed E-state index contributed by atoms with van der Waals surface area (Å²) in [4.78, 5) is 17.3. The van der Waals surface area contributed by atoms with Crippen LogP contribution < -0.4 is 10.1 Å². The van der Waals surface area contributed by atoms with Gasteiger partial charge in [0.05, 0.1) is 5.56 Å². The maximum Gasteiger partial charge on any atom is 0.416 e. The molecule has 0 radical (unpaired) electrons. The molecule has 38 heavy (non-hydrogen) atoms. The second-order valence-corrected chi connectivity index (χ2v) is 10.3. The van der Waals surface area contributed by atoms with Gasteiger partial charge in [-0.15, -0.1) is 0 Å². The number of amides is 1. The van der Waals surface area contributed by atoms with Crippen LogP contribution in [0.3, 0.4) is 0 Å². The van der Waals surface area contributed by atoms with Crippen molar-refractivity contribution < 1.29 is 27.4 Å². The van der Waals surface area contributed by atoms with Crippen LogP contribution in [0.25, 0.3) is 0 Å². The Kier molecular flexibility index (Phi) is 9.00. The molecule has 2 bridgehead atoms. The largest absolute Gasteiger partial charge is 0.492 e. The van der Waals surface area contributed by atoms with Crippen molar-refractivity contribution in [2.24, 2.45) is 0 Å². The molecule has 0 aromatic heterocycles. The molecule has 2 fully saturated rings. The fraction of sp³-hybridized carbons (Fsp3) is 0.552. The number of ether oxygens (including phenoxy) is 2. The molecule has 2 aliphatic rings. The lowest BCUT2D eigenvalue weighted by atomic mass is 9.96. The molecule has 0 unspecified atom stereocenters. The molecule has 2 aromatic carbocycles. The van der Waals surface area contributed by atoms with E-state index in [-0.39, 0.29) is 24.0 Å². The number of halogens is 3. The summed E-state index contributed by atoms with van der Waals surface area (Å²) in [5.74, 6) is 0.702. The zero-order valence-corrected chi connectivity index (χ0v) is 22.6. The van der Waals surface area contributed by atoms with E-state index in [1.807, 2.05) is 11.0 Å². The quantitative estimate of drug-likeness (QED) is 0.413. The molecule has 0 saturated carbocycles. The van der Waals surface area contributed by atoms with Crippen molar-refractivity contribution in [2.75, 3.05) is 46.5 Å². The molecule has 2 saturated heterocycles. The lowest BCUT2D eigenvalue weighted by Crippen LogP contribution is -2.49. The van der Waals surface area contributed by atoms with E-state index in [9.17, 15) is 18.0 Å². The minimum absolute atomic E-state index is 0.0673. The van der Waals surface area contributed by atoms with Crippen LogP contribution in [0.1, 0.15) is 58.4 Å². The predicted molar refractivity (Wildman–Crippen MR) is 141 cm³/mol. The number of carbonyl (C=O) groups is 1. The molecular weight excluding hydrogens is 495 g/mol. The van der Waals surface area contributed by atoms with E-state index in [4.69, 9.17) is 9.47 Å². The Bertz CT molecular complexity index is 1110. The number of alkyl halides is 3. The Hall–Kier alpha value is -2.62. The smallest absolute Gasteiger partial charge is 0.416 e. The molecule has 1 amide bonds. The van der Waals surface area contributed by atoms with E-state index in [2.05, 4.69) is 37.1 Å². The first-order valence-corrected chi connectivity index (χ1v) is 13.3. The first kappa shape index (κ1) is 28.4. The van der Waals surface area contributed by atoms with Gasteiger partial charge in [-0.3, -0.25) is 9.69 Å². The number of nitrogens with zero attached hydrogens (tertiary/aromatic N) is 2. The summed E-state index contributed by atoms with van der Waals surface area (Å²) in [6.07, 6.45) is -2.55. The summed E-state index contributed by atoms with van der Waals surface area (Å²) in [6, 6.07) is 9.20. The number of hydrogen-bond acceptors (Lipinski definition) is 5. The summed E-state index contributed by atoms with van der Waals surface area (Å²) in [5, 5.41) is 3.35. The Morgan fingerprint density at radius 3 is 2.39 bits per heavy atom. The van der Waals surface area contributed by atoms with Crippen LogP contribution >= 0.6 is 0 Å². The van der Waals surface area contributed by atoms with Crippen LogP contribution in [0, 0.1) is 13.8 Å². The first-order valence-electron chi connectivity index (χ1n) is 13.3. The van der Waals surface area contributed by atoms with Crippen LogP contribution in [-0.4, -0.2) is 74.3 Å². The summed E-state index contributed by atoms with van der Waals surface area (Å²) in [7, 11) is 1.70. The average molecular weight is 534 g/mol. The number of nitrogens with one attached hydrogen (secondary N) is 1. The molecule has 4 rings (SSSR count). The van der Waals surface area contributed by atoms with E-state index < -0.39 is 11.7 Å². The third kappa shape index (κ3) is 6.16. The second-order valence-electron chi connectivity index (χ2n) is 10.3. The van der Waals surface area contributed by atoms with Gasteiger partial charge in [-0.2, -0.15) is 13.2 Å². The highest BCUT2D eigenvalue weighted by Crippen LogP contribution is 2.39. The van der Waals surface area contributed by atoms with Crippen molar-refractivity contribution in [3.8, 4) is 5.75 Å². The van der Waals surface area contributed by atoms with Crippen LogP contribution in [0.2, 0.25) is 0 Å². The van der Waals surface area contributed by atoms with E-state index in [0.717, 1.165) is 62.5 Å². The van der Waals surface area contributed by atoms with Gasteiger partial charge in [0.2, 0.25) is 0 Å². The number of carbonyl (C=O) groups excluding carboxylic acids is 1. The summed E-state index contributed by atoms with van der Waals surface area (Å²) >= 11 is 0. The van der Waals surface area contributed by atoms with E-state index >= 15 is 0 Å². The van der Waals surface area contributed by atoms with Crippen molar-refractivity contribution in [3.63, 3.8) is 0 Å². The zero-order chi connectivity index (χ0) is 27.4. The fourth-order valence-electron chi connectivity index (χ4n) is 5.69. The summed E-state index contributed by atoms with van der Waals surface area (Å²) < 4.78 is 49.7. The van der Waals surface area contributed by atoms with Gasteiger partial charge in [0.1, 0.15) is 12.4 Å². The van der Waals surface area contributed by atoms with Gasteiger partial charge in [-0.1, -0.05) is 6.07 Å². The molecule has 0 spiro atoms. The van der Waals surface area contributed by atoms with Gasteiger partial charge in [0.15, 0.2) is 0 Å². The molecule has 1 N–H and O–H groups in total. The molecule has 2 aliphatic heterocycles. The molecular formula is C29H38F3N3O3. The third-order valence-corrected chi connectivity index (χ3v) is 7.97. The van der Waals surface area contributed by atoms with Crippen molar-refractivity contribution in [3.05, 3.63) is 64.2 Å². The van der Waals surface area contributed by atoms with Gasteiger partial charge < -0.3 is 19.7 Å². The monoisotopic (exact) mass is 533 g/mol. The van der Waals surface area contributed by atoms with Crippen LogP contribution in [-0.2, 0) is 10.9 Å². The highest BCUT2D eigenvalue weighted by atomic mass is 19.4. The van der Waals surface area contributed by atoms with E-state index in [0.29, 0.717) is 18.7 Å². The van der Waals surface area contributed by atoms with Gasteiger partial charge >= 0.3 is 6.18 Å². The highest BCUT2D eigenvalue weighted by Gasteiger charge is 2.47. The average Bonchev–Trinajstić information content (AvgIpc) is 3.51. The summed E-state index contributed by atoms with van der Waals surface area (Å²) in [6.45, 7) is 10.8. The lowest BCUT2D eigenvalue weighted by Gasteiger charge is -2.38. The highest BCUT2D eigenvalue weighted by molar-refractivity contribution is 5.94. The summed E-state index contributed by atoms with van der Waals surface area (Å²) in [5.41, 5.74) is 3.16. The van der Waals surface area contributed by atoms with Crippen LogP contribution in [0.5, 0.6) is 5.75 Å². The maximum absolute atomic E-state index is 13.1. The molecule has 2 aromatic rings. The molecule has 3 atom stereocenters. The number of fused-ring (bicyclic) bond motifs is 2.